The van der Waals surface area contributed by atoms with Gasteiger partial charge in [0.05, 0.1) is 0 Å². The lowest BCUT2D eigenvalue weighted by molar-refractivity contribution is -0.127. The Morgan fingerprint density at radius 3 is 0.920 bits per heavy atom. The van der Waals surface area contributed by atoms with Crippen molar-refractivity contribution in [2.45, 2.75) is 34.6 Å². The number of carbonyl (C=O) groups excluding carboxylic acids is 4. The molecule has 8 nitrogen and oxygen atoms in total. The molecule has 10 heteroatoms. The second kappa shape index (κ2) is 9.51. The van der Waals surface area contributed by atoms with Gasteiger partial charge in [0.15, 0.2) is 0 Å². The molecule has 4 amide bonds. The first-order chi connectivity index (χ1) is 11.4. The maximum Gasteiger partial charge on any atom is 0.280 e. The van der Waals surface area contributed by atoms with Crippen molar-refractivity contribution in [1.82, 2.24) is 18.3 Å². The van der Waals surface area contributed by atoms with Crippen molar-refractivity contribution in [2.24, 2.45) is 0 Å². The number of nitrogens with zero attached hydrogens (tertiary/aromatic N) is 4. The highest BCUT2D eigenvalue weighted by atomic mass is 28.4. The lowest BCUT2D eigenvalue weighted by atomic mass is 10.7. The first-order valence-corrected chi connectivity index (χ1v) is 11.2. The summed E-state index contributed by atoms with van der Waals surface area (Å²) in [7, 11) is 1.84. The first-order valence-electron chi connectivity index (χ1n) is 7.98. The summed E-state index contributed by atoms with van der Waals surface area (Å²) in [6, 6.07) is 0. The second-order valence-electron chi connectivity index (χ2n) is 6.06. The number of allylic oxidation sites excluding steroid dienone is 1. The second-order valence-corrected chi connectivity index (χ2v) is 12.6. The van der Waals surface area contributed by atoms with Gasteiger partial charge in [0.2, 0.25) is 23.6 Å². The Kier molecular flexibility index (Phi) is 8.77. The van der Waals surface area contributed by atoms with Gasteiger partial charge in [0, 0.05) is 55.9 Å². The maximum absolute atomic E-state index is 12.0. The van der Waals surface area contributed by atoms with Crippen molar-refractivity contribution in [3.05, 3.63) is 10.9 Å². The van der Waals surface area contributed by atoms with Gasteiger partial charge in [-0.1, -0.05) is 6.08 Å². The van der Waals surface area contributed by atoms with Crippen LogP contribution in [0.3, 0.4) is 0 Å². The number of carbonyl (C=O) groups is 4. The van der Waals surface area contributed by atoms with Crippen LogP contribution >= 0.6 is 0 Å². The van der Waals surface area contributed by atoms with Gasteiger partial charge in [-0.2, -0.15) is 0 Å². The highest BCUT2D eigenvalue weighted by Gasteiger charge is 2.40. The monoisotopic (exact) mass is 386 g/mol. The average molecular weight is 387 g/mol. The molecule has 0 N–H and O–H groups in total. The lowest BCUT2D eigenvalue weighted by Crippen LogP contribution is -2.63. The van der Waals surface area contributed by atoms with Crippen molar-refractivity contribution in [3.8, 4) is 0 Å². The van der Waals surface area contributed by atoms with Crippen LogP contribution in [0.2, 0.25) is 0 Å². The summed E-state index contributed by atoms with van der Waals surface area (Å²) < 4.78 is 6.33. The molecular formula is C15H30N4O4Si2. The Labute approximate surface area is 153 Å². The van der Waals surface area contributed by atoms with E-state index < -0.39 is 18.2 Å². The molecule has 0 aromatic heterocycles. The molecule has 0 aliphatic heterocycles. The van der Waals surface area contributed by atoms with E-state index in [0.29, 0.717) is 0 Å². The van der Waals surface area contributed by atoms with Crippen LogP contribution in [-0.4, -0.2) is 88.3 Å². The van der Waals surface area contributed by atoms with Crippen molar-refractivity contribution >= 4 is 41.9 Å². The Balaban J connectivity index is 6.36. The van der Waals surface area contributed by atoms with Gasteiger partial charge in [0.25, 0.3) is 18.2 Å². The van der Waals surface area contributed by atoms with Crippen LogP contribution in [0.4, 0.5) is 0 Å². The fourth-order valence-corrected chi connectivity index (χ4v) is 11.1. The van der Waals surface area contributed by atoms with Crippen LogP contribution in [0.25, 0.3) is 0 Å². The fraction of sp³-hybridized carbons (Fsp3) is 0.600. The third kappa shape index (κ3) is 5.53. The van der Waals surface area contributed by atoms with Crippen LogP contribution in [0.1, 0.15) is 34.6 Å². The van der Waals surface area contributed by atoms with Gasteiger partial charge in [0.1, 0.15) is 0 Å². The number of hydrogen-bond acceptors (Lipinski definition) is 4. The molecule has 0 heterocycles. The number of amides is 4. The Morgan fingerprint density at radius 2 is 0.800 bits per heavy atom. The predicted octanol–water partition coefficient (Wildman–Crippen LogP) is -0.635. The summed E-state index contributed by atoms with van der Waals surface area (Å²) in [4.78, 5) is 48.9. The molecule has 0 atom stereocenters. The quantitative estimate of drug-likeness (QED) is 0.569. The van der Waals surface area contributed by atoms with Crippen molar-refractivity contribution in [3.63, 3.8) is 0 Å². The number of rotatable bonds is 6. The van der Waals surface area contributed by atoms with Crippen LogP contribution < -0.4 is 0 Å². The molecule has 0 aliphatic carbocycles. The van der Waals surface area contributed by atoms with E-state index in [0.717, 1.165) is 4.82 Å². The Hall–Kier alpha value is -1.95. The zero-order valence-electron chi connectivity index (χ0n) is 16.7. The predicted molar refractivity (Wildman–Crippen MR) is 102 cm³/mol. The molecule has 25 heavy (non-hydrogen) atoms. The van der Waals surface area contributed by atoms with Crippen molar-refractivity contribution < 1.29 is 19.2 Å². The van der Waals surface area contributed by atoms with Gasteiger partial charge in [-0.15, -0.1) is 0 Å². The standard InChI is InChI=1S/C15H30N4O4Si2/c1-10-15(24(16(6)11(2)20)17(7)12(3)21)25(18(8)13(4)22)19(9)14(5)23/h10,24-25H,1-9H3. The minimum absolute atomic E-state index is 0.159. The zero-order valence-corrected chi connectivity index (χ0v) is 19.0. The molecule has 0 aliphatic rings. The molecule has 0 unspecified atom stereocenters. The SMILES string of the molecule is CC=C([SiH](N(C)C(C)=O)N(C)C(C)=O)[SiH](N(C)C(C)=O)N(C)C(C)=O. The highest BCUT2D eigenvalue weighted by Crippen LogP contribution is 2.18. The van der Waals surface area contributed by atoms with Gasteiger partial charge in [-0.3, -0.25) is 19.2 Å². The van der Waals surface area contributed by atoms with Gasteiger partial charge in [-0.05, 0) is 11.7 Å². The molecule has 0 saturated carbocycles. The topological polar surface area (TPSA) is 81.2 Å². The van der Waals surface area contributed by atoms with Gasteiger partial charge < -0.3 is 18.3 Å². The molecule has 0 aromatic rings. The van der Waals surface area contributed by atoms with E-state index in [1.165, 1.54) is 27.7 Å². The van der Waals surface area contributed by atoms with E-state index in [4.69, 9.17) is 0 Å². The highest BCUT2D eigenvalue weighted by molar-refractivity contribution is 6.87. The molecule has 0 bridgehead atoms. The minimum atomic E-state index is -2.40. The largest absolute Gasteiger partial charge is 0.354 e. The average Bonchev–Trinajstić information content (AvgIpc) is 2.52. The van der Waals surface area contributed by atoms with Crippen LogP contribution in [0.5, 0.6) is 0 Å². The van der Waals surface area contributed by atoms with Crippen molar-refractivity contribution in [1.29, 1.82) is 0 Å². The summed E-state index contributed by atoms with van der Waals surface area (Å²) in [6.45, 7) is 7.60. The van der Waals surface area contributed by atoms with E-state index in [1.54, 1.807) is 46.5 Å². The van der Waals surface area contributed by atoms with Crippen LogP contribution in [0, 0.1) is 0 Å². The molecule has 0 spiro atoms. The van der Waals surface area contributed by atoms with E-state index in [1.807, 2.05) is 13.0 Å². The minimum Gasteiger partial charge on any atom is -0.354 e. The summed E-state index contributed by atoms with van der Waals surface area (Å²) in [6.07, 6.45) is 1.85. The molecular weight excluding hydrogens is 356 g/mol. The first kappa shape index (κ1) is 23.1. The Morgan fingerprint density at radius 1 is 0.600 bits per heavy atom. The molecule has 0 radical (unpaired) electrons. The molecule has 0 saturated heterocycles. The zero-order chi connectivity index (χ0) is 20.1. The smallest absolute Gasteiger partial charge is 0.280 e. The van der Waals surface area contributed by atoms with E-state index in [-0.39, 0.29) is 23.6 Å². The number of hydrogen-bond donors (Lipinski definition) is 0. The fourth-order valence-electron chi connectivity index (χ4n) is 2.53. The molecule has 0 rings (SSSR count). The summed E-state index contributed by atoms with van der Waals surface area (Å²) in [5.74, 6) is -0.638. The summed E-state index contributed by atoms with van der Waals surface area (Å²) in [5.41, 5.74) is 0. The van der Waals surface area contributed by atoms with Gasteiger partial charge >= 0.3 is 0 Å². The Bertz CT molecular complexity index is 496. The molecule has 142 valence electrons. The third-order valence-corrected chi connectivity index (χ3v) is 12.4. The lowest BCUT2D eigenvalue weighted by Gasteiger charge is -2.41. The summed E-state index contributed by atoms with van der Waals surface area (Å²) in [5, 5.41) is 0. The van der Waals surface area contributed by atoms with Crippen LogP contribution in [-0.2, 0) is 19.2 Å². The summed E-state index contributed by atoms with van der Waals surface area (Å²) >= 11 is 0. The van der Waals surface area contributed by atoms with E-state index >= 15 is 0 Å². The van der Waals surface area contributed by atoms with Crippen LogP contribution in [0.15, 0.2) is 10.9 Å². The maximum atomic E-state index is 12.0. The van der Waals surface area contributed by atoms with Crippen molar-refractivity contribution in [2.75, 3.05) is 28.2 Å². The van der Waals surface area contributed by atoms with E-state index in [9.17, 15) is 19.2 Å². The molecule has 0 aromatic carbocycles. The third-order valence-electron chi connectivity index (χ3n) is 4.38. The van der Waals surface area contributed by atoms with Gasteiger partial charge in [-0.25, -0.2) is 0 Å². The van der Waals surface area contributed by atoms with E-state index in [2.05, 4.69) is 0 Å². The molecule has 0 fully saturated rings. The normalized spacial score (nSPS) is 10.4.